The van der Waals surface area contributed by atoms with E-state index in [1.165, 1.54) is 5.56 Å². The number of carbonyl (C=O) groups excluding carboxylic acids is 1. The molecule has 0 atom stereocenters. The molecule has 8 heteroatoms. The maximum absolute atomic E-state index is 12.6. The van der Waals surface area contributed by atoms with Crippen molar-refractivity contribution in [2.75, 3.05) is 14.1 Å². The second kappa shape index (κ2) is 9.14. The molecule has 1 aromatic heterocycles. The van der Waals surface area contributed by atoms with Gasteiger partial charge in [-0.05, 0) is 61.7 Å². The van der Waals surface area contributed by atoms with Crippen molar-refractivity contribution < 1.29 is 4.79 Å². The predicted octanol–water partition coefficient (Wildman–Crippen LogP) is 3.64. The van der Waals surface area contributed by atoms with Crippen LogP contribution in [0, 0.1) is 4.77 Å². The number of amides is 1. The average Bonchev–Trinajstić information content (AvgIpc) is 3.02. The molecule has 0 unspecified atom stereocenters. The van der Waals surface area contributed by atoms with E-state index in [4.69, 9.17) is 23.8 Å². The first kappa shape index (κ1) is 20.3. The number of nitrogens with zero attached hydrogens (tertiary/aromatic N) is 3. The average molecular weight is 416 g/mol. The number of hydrogen-bond acceptors (Lipinski definition) is 4. The molecule has 0 aliphatic carbocycles. The monoisotopic (exact) mass is 415 g/mol. The largest absolute Gasteiger partial charge is 0.350 e. The van der Waals surface area contributed by atoms with E-state index in [0.29, 0.717) is 22.2 Å². The van der Waals surface area contributed by atoms with Crippen molar-refractivity contribution in [1.82, 2.24) is 25.0 Å². The summed E-state index contributed by atoms with van der Waals surface area (Å²) in [6.07, 6.45) is 0. The van der Waals surface area contributed by atoms with Crippen LogP contribution in [0.2, 0.25) is 5.02 Å². The third-order valence-electron chi connectivity index (χ3n) is 4.24. The van der Waals surface area contributed by atoms with Crippen LogP contribution >= 0.6 is 23.8 Å². The highest BCUT2D eigenvalue weighted by Crippen LogP contribution is 2.20. The zero-order valence-corrected chi connectivity index (χ0v) is 17.3. The lowest BCUT2D eigenvalue weighted by molar-refractivity contribution is -0.121. The van der Waals surface area contributed by atoms with Crippen molar-refractivity contribution in [2.45, 2.75) is 19.6 Å². The van der Waals surface area contributed by atoms with Gasteiger partial charge in [0.05, 0.1) is 0 Å². The van der Waals surface area contributed by atoms with Crippen molar-refractivity contribution in [2.24, 2.45) is 0 Å². The first-order chi connectivity index (χ1) is 13.4. The molecular weight excluding hydrogens is 394 g/mol. The summed E-state index contributed by atoms with van der Waals surface area (Å²) in [7, 11) is 4.04. The Morgan fingerprint density at radius 3 is 2.54 bits per heavy atom. The molecule has 3 aromatic rings. The highest BCUT2D eigenvalue weighted by Gasteiger charge is 2.13. The molecule has 0 fully saturated rings. The van der Waals surface area contributed by atoms with Gasteiger partial charge in [0.1, 0.15) is 6.54 Å². The number of aromatic amines is 1. The lowest BCUT2D eigenvalue weighted by atomic mass is 10.1. The summed E-state index contributed by atoms with van der Waals surface area (Å²) in [5.41, 5.74) is 3.12. The SMILES string of the molecule is CN(C)Cc1ccccc1CNC(=O)Cn1c(-c2ccc(Cl)cc2)n[nH]c1=S. The van der Waals surface area contributed by atoms with Gasteiger partial charge in [0.2, 0.25) is 5.91 Å². The first-order valence-electron chi connectivity index (χ1n) is 8.83. The molecule has 1 heterocycles. The van der Waals surface area contributed by atoms with E-state index in [0.717, 1.165) is 17.7 Å². The van der Waals surface area contributed by atoms with Crippen LogP contribution in [0.5, 0.6) is 0 Å². The van der Waals surface area contributed by atoms with Crippen LogP contribution in [0.15, 0.2) is 48.5 Å². The van der Waals surface area contributed by atoms with Crippen LogP contribution in [0.1, 0.15) is 11.1 Å². The van der Waals surface area contributed by atoms with Crippen LogP contribution < -0.4 is 5.32 Å². The van der Waals surface area contributed by atoms with Gasteiger partial charge in [0.15, 0.2) is 10.6 Å². The van der Waals surface area contributed by atoms with Gasteiger partial charge in [-0.2, -0.15) is 5.10 Å². The fraction of sp³-hybridized carbons (Fsp3) is 0.250. The Bertz CT molecular complexity index is 1010. The lowest BCUT2D eigenvalue weighted by Gasteiger charge is -2.15. The maximum atomic E-state index is 12.6. The predicted molar refractivity (Wildman–Crippen MR) is 114 cm³/mol. The molecule has 3 rings (SSSR count). The number of H-pyrrole nitrogens is 1. The second-order valence-electron chi connectivity index (χ2n) is 6.73. The quantitative estimate of drug-likeness (QED) is 0.578. The van der Waals surface area contributed by atoms with Gasteiger partial charge in [-0.3, -0.25) is 14.5 Å². The molecule has 146 valence electrons. The van der Waals surface area contributed by atoms with Crippen molar-refractivity contribution in [3.63, 3.8) is 0 Å². The number of nitrogens with one attached hydrogen (secondary N) is 2. The van der Waals surface area contributed by atoms with Crippen LogP contribution in [0.3, 0.4) is 0 Å². The summed E-state index contributed by atoms with van der Waals surface area (Å²) in [6, 6.07) is 15.3. The summed E-state index contributed by atoms with van der Waals surface area (Å²) in [5.74, 6) is 0.470. The van der Waals surface area contributed by atoms with Crippen molar-refractivity contribution in [1.29, 1.82) is 0 Å². The fourth-order valence-corrected chi connectivity index (χ4v) is 3.22. The fourth-order valence-electron chi connectivity index (χ4n) is 2.90. The Balaban J connectivity index is 1.71. The molecule has 2 N–H and O–H groups in total. The Labute approximate surface area is 174 Å². The minimum Gasteiger partial charge on any atom is -0.350 e. The van der Waals surface area contributed by atoms with Gasteiger partial charge < -0.3 is 10.2 Å². The van der Waals surface area contributed by atoms with E-state index in [-0.39, 0.29) is 12.5 Å². The van der Waals surface area contributed by atoms with E-state index in [9.17, 15) is 4.79 Å². The van der Waals surface area contributed by atoms with E-state index >= 15 is 0 Å². The molecular formula is C20H22ClN5OS. The van der Waals surface area contributed by atoms with Crippen molar-refractivity contribution >= 4 is 29.7 Å². The summed E-state index contributed by atoms with van der Waals surface area (Å²) in [4.78, 5) is 14.7. The van der Waals surface area contributed by atoms with Gasteiger partial charge in [-0.15, -0.1) is 0 Å². The summed E-state index contributed by atoms with van der Waals surface area (Å²) in [5, 5.41) is 10.6. The van der Waals surface area contributed by atoms with Gasteiger partial charge in [-0.25, -0.2) is 0 Å². The molecule has 0 aliphatic rings. The molecule has 0 bridgehead atoms. The Morgan fingerprint density at radius 1 is 1.18 bits per heavy atom. The molecule has 0 aliphatic heterocycles. The molecule has 1 amide bonds. The Morgan fingerprint density at radius 2 is 1.86 bits per heavy atom. The van der Waals surface area contributed by atoms with Crippen molar-refractivity contribution in [3.05, 3.63) is 69.5 Å². The minimum atomic E-state index is -0.132. The molecule has 0 saturated carbocycles. The van der Waals surface area contributed by atoms with E-state index in [2.05, 4.69) is 26.5 Å². The Hall–Kier alpha value is -2.48. The summed E-state index contributed by atoms with van der Waals surface area (Å²) in [6.45, 7) is 1.37. The second-order valence-corrected chi connectivity index (χ2v) is 7.55. The zero-order chi connectivity index (χ0) is 20.1. The third-order valence-corrected chi connectivity index (χ3v) is 4.81. The minimum absolute atomic E-state index is 0.0864. The molecule has 28 heavy (non-hydrogen) atoms. The first-order valence-corrected chi connectivity index (χ1v) is 9.62. The molecule has 0 radical (unpaired) electrons. The normalized spacial score (nSPS) is 11.0. The number of aromatic nitrogens is 3. The smallest absolute Gasteiger partial charge is 0.240 e. The topological polar surface area (TPSA) is 66.0 Å². The van der Waals surface area contributed by atoms with Crippen LogP contribution in [0.25, 0.3) is 11.4 Å². The number of carbonyl (C=O) groups is 1. The molecule has 0 spiro atoms. The molecule has 0 saturated heterocycles. The highest BCUT2D eigenvalue weighted by atomic mass is 35.5. The van der Waals surface area contributed by atoms with Gasteiger partial charge in [0, 0.05) is 23.7 Å². The number of benzene rings is 2. The van der Waals surface area contributed by atoms with Crippen LogP contribution in [-0.2, 0) is 24.4 Å². The number of halogens is 1. The van der Waals surface area contributed by atoms with E-state index in [1.807, 2.05) is 44.4 Å². The number of rotatable bonds is 7. The standard InChI is InChI=1S/C20H22ClN5OS/c1-25(2)12-16-6-4-3-5-15(16)11-22-18(27)13-26-19(23-24-20(26)28)14-7-9-17(21)10-8-14/h3-10H,11-13H2,1-2H3,(H,22,27)(H,24,28). The number of hydrogen-bond donors (Lipinski definition) is 2. The molecule has 6 nitrogen and oxygen atoms in total. The maximum Gasteiger partial charge on any atom is 0.240 e. The third kappa shape index (κ3) is 5.07. The van der Waals surface area contributed by atoms with E-state index < -0.39 is 0 Å². The molecule has 2 aromatic carbocycles. The van der Waals surface area contributed by atoms with Gasteiger partial charge in [0.25, 0.3) is 0 Å². The Kier molecular flexibility index (Phi) is 6.61. The van der Waals surface area contributed by atoms with Crippen LogP contribution in [-0.4, -0.2) is 39.7 Å². The van der Waals surface area contributed by atoms with Crippen molar-refractivity contribution in [3.8, 4) is 11.4 Å². The zero-order valence-electron chi connectivity index (χ0n) is 15.8. The van der Waals surface area contributed by atoms with Crippen LogP contribution in [0.4, 0.5) is 0 Å². The lowest BCUT2D eigenvalue weighted by Crippen LogP contribution is -2.28. The van der Waals surface area contributed by atoms with Gasteiger partial charge in [-0.1, -0.05) is 35.9 Å². The summed E-state index contributed by atoms with van der Waals surface area (Å²) < 4.78 is 2.08. The van der Waals surface area contributed by atoms with Gasteiger partial charge >= 0.3 is 0 Å². The summed E-state index contributed by atoms with van der Waals surface area (Å²) >= 11 is 11.2. The highest BCUT2D eigenvalue weighted by molar-refractivity contribution is 7.71. The van der Waals surface area contributed by atoms with E-state index in [1.54, 1.807) is 16.7 Å².